The van der Waals surface area contributed by atoms with Gasteiger partial charge in [-0.2, -0.15) is 10.2 Å². The number of anilines is 1. The average Bonchev–Trinajstić information content (AvgIpc) is 3.21. The minimum atomic E-state index is -0.686. The van der Waals surface area contributed by atoms with Crippen LogP contribution in [0.25, 0.3) is 0 Å². The summed E-state index contributed by atoms with van der Waals surface area (Å²) in [5, 5.41) is 10.6. The number of carbonyl (C=O) groups excluding carboxylic acids is 2. The fourth-order valence-corrected chi connectivity index (χ4v) is 2.50. The number of ether oxygens (including phenoxy) is 1. The first-order chi connectivity index (χ1) is 12.4. The molecule has 26 heavy (non-hydrogen) atoms. The molecule has 134 valence electrons. The maximum absolute atomic E-state index is 12.3. The molecular formula is C16H15BrN6O3. The normalized spacial score (nSPS) is 10.5. The highest BCUT2D eigenvalue weighted by Gasteiger charge is 2.18. The number of aryl methyl sites for hydroxylation is 1. The average molecular weight is 419 g/mol. The van der Waals surface area contributed by atoms with Gasteiger partial charge < -0.3 is 15.8 Å². The van der Waals surface area contributed by atoms with E-state index in [1.807, 2.05) is 24.3 Å². The Balaban J connectivity index is 1.64. The van der Waals surface area contributed by atoms with Gasteiger partial charge in [-0.05, 0) is 30.3 Å². The van der Waals surface area contributed by atoms with Crippen LogP contribution in [0.2, 0.25) is 0 Å². The second-order valence-corrected chi connectivity index (χ2v) is 6.23. The lowest BCUT2D eigenvalue weighted by molar-refractivity contribution is 0.0992. The number of halogens is 1. The van der Waals surface area contributed by atoms with Crippen LogP contribution in [0.5, 0.6) is 5.75 Å². The Labute approximate surface area is 156 Å². The van der Waals surface area contributed by atoms with Crippen LogP contribution >= 0.6 is 15.9 Å². The number of hydrogen-bond acceptors (Lipinski definition) is 5. The third-order valence-corrected chi connectivity index (χ3v) is 4.00. The molecule has 2 heterocycles. The van der Waals surface area contributed by atoms with E-state index in [4.69, 9.17) is 10.5 Å². The summed E-state index contributed by atoms with van der Waals surface area (Å²) in [4.78, 5) is 23.7. The van der Waals surface area contributed by atoms with Crippen molar-refractivity contribution in [3.05, 3.63) is 58.6 Å². The fourth-order valence-electron chi connectivity index (χ4n) is 2.23. The molecule has 3 N–H and O–H groups in total. The van der Waals surface area contributed by atoms with Crippen molar-refractivity contribution in [2.45, 2.75) is 6.73 Å². The van der Waals surface area contributed by atoms with Crippen LogP contribution in [0.3, 0.4) is 0 Å². The number of carbonyl (C=O) groups is 2. The van der Waals surface area contributed by atoms with Crippen LogP contribution in [-0.4, -0.2) is 31.4 Å². The van der Waals surface area contributed by atoms with Gasteiger partial charge in [-0.15, -0.1) is 0 Å². The van der Waals surface area contributed by atoms with Gasteiger partial charge in [0.15, 0.2) is 12.4 Å². The molecule has 3 rings (SSSR count). The zero-order valence-electron chi connectivity index (χ0n) is 13.7. The molecule has 0 radical (unpaired) electrons. The van der Waals surface area contributed by atoms with Crippen LogP contribution in [0.1, 0.15) is 21.0 Å². The summed E-state index contributed by atoms with van der Waals surface area (Å²) in [7, 11) is 1.56. The summed E-state index contributed by atoms with van der Waals surface area (Å²) < 4.78 is 9.31. The zero-order chi connectivity index (χ0) is 18.7. The molecular weight excluding hydrogens is 404 g/mol. The topological polar surface area (TPSA) is 117 Å². The van der Waals surface area contributed by atoms with Gasteiger partial charge in [-0.3, -0.25) is 14.3 Å². The number of benzene rings is 1. The molecule has 0 spiro atoms. The van der Waals surface area contributed by atoms with Crippen LogP contribution < -0.4 is 15.8 Å². The SMILES string of the molecule is Cn1ncc(NC(=O)c2ccn(COc3ccc(Br)cc3)n2)c1C(N)=O. The minimum Gasteiger partial charge on any atom is -0.471 e. The standard InChI is InChI=1S/C16H15BrN6O3/c1-22-14(15(18)24)13(8-19-22)20-16(25)12-6-7-23(21-12)9-26-11-4-2-10(17)3-5-11/h2-8H,9H2,1H3,(H2,18,24)(H,20,25). The van der Waals surface area contributed by atoms with Gasteiger partial charge in [0, 0.05) is 17.7 Å². The molecule has 0 fully saturated rings. The maximum Gasteiger partial charge on any atom is 0.276 e. The number of aromatic nitrogens is 4. The zero-order valence-corrected chi connectivity index (χ0v) is 15.3. The van der Waals surface area contributed by atoms with Gasteiger partial charge in [0.2, 0.25) is 0 Å². The molecule has 2 aromatic heterocycles. The molecule has 0 bridgehead atoms. The van der Waals surface area contributed by atoms with Crippen molar-refractivity contribution < 1.29 is 14.3 Å². The number of amides is 2. The highest BCUT2D eigenvalue weighted by molar-refractivity contribution is 9.10. The summed E-state index contributed by atoms with van der Waals surface area (Å²) in [5.74, 6) is -0.493. The van der Waals surface area contributed by atoms with E-state index in [2.05, 4.69) is 31.4 Å². The molecule has 0 atom stereocenters. The van der Waals surface area contributed by atoms with E-state index < -0.39 is 11.8 Å². The second kappa shape index (κ2) is 7.40. The summed E-state index contributed by atoms with van der Waals surface area (Å²) in [5.41, 5.74) is 5.80. The van der Waals surface area contributed by atoms with Gasteiger partial charge in [-0.1, -0.05) is 15.9 Å². The molecule has 2 amide bonds. The number of rotatable bonds is 6. The van der Waals surface area contributed by atoms with Crippen LogP contribution in [-0.2, 0) is 13.8 Å². The van der Waals surface area contributed by atoms with E-state index >= 15 is 0 Å². The molecule has 1 aromatic carbocycles. The van der Waals surface area contributed by atoms with Crippen molar-refractivity contribution in [2.24, 2.45) is 12.8 Å². The van der Waals surface area contributed by atoms with Crippen molar-refractivity contribution in [1.29, 1.82) is 0 Å². The third kappa shape index (κ3) is 3.91. The van der Waals surface area contributed by atoms with Crippen molar-refractivity contribution in [2.75, 3.05) is 5.32 Å². The molecule has 0 aliphatic rings. The quantitative estimate of drug-likeness (QED) is 0.632. The summed E-state index contributed by atoms with van der Waals surface area (Å²) in [6.45, 7) is 0.147. The highest BCUT2D eigenvalue weighted by Crippen LogP contribution is 2.17. The molecule has 9 nitrogen and oxygen atoms in total. The Morgan fingerprint density at radius 3 is 2.69 bits per heavy atom. The van der Waals surface area contributed by atoms with Crippen molar-refractivity contribution >= 4 is 33.4 Å². The Kier molecular flexibility index (Phi) is 5.03. The summed E-state index contributed by atoms with van der Waals surface area (Å²) in [6.07, 6.45) is 2.97. The highest BCUT2D eigenvalue weighted by atomic mass is 79.9. The van der Waals surface area contributed by atoms with Crippen molar-refractivity contribution in [1.82, 2.24) is 19.6 Å². The number of nitrogens with zero attached hydrogens (tertiary/aromatic N) is 4. The molecule has 3 aromatic rings. The van der Waals surface area contributed by atoms with E-state index in [9.17, 15) is 9.59 Å². The van der Waals surface area contributed by atoms with Crippen molar-refractivity contribution in [3.63, 3.8) is 0 Å². The Hall–Kier alpha value is -3.14. The van der Waals surface area contributed by atoms with Crippen LogP contribution in [0.15, 0.2) is 47.2 Å². The predicted molar refractivity (Wildman–Crippen MR) is 96.7 cm³/mol. The number of primary amides is 1. The molecule has 0 aliphatic carbocycles. The Bertz CT molecular complexity index is 947. The molecule has 10 heteroatoms. The monoisotopic (exact) mass is 418 g/mol. The van der Waals surface area contributed by atoms with Crippen LogP contribution in [0.4, 0.5) is 5.69 Å². The smallest absolute Gasteiger partial charge is 0.276 e. The first-order valence-electron chi connectivity index (χ1n) is 7.49. The predicted octanol–water partition coefficient (Wildman–Crippen LogP) is 1.77. The number of hydrogen-bond donors (Lipinski definition) is 2. The minimum absolute atomic E-state index is 0.108. The maximum atomic E-state index is 12.3. The van der Waals surface area contributed by atoms with E-state index in [-0.39, 0.29) is 23.8 Å². The van der Waals surface area contributed by atoms with Gasteiger partial charge in [-0.25, -0.2) is 4.68 Å². The van der Waals surface area contributed by atoms with Gasteiger partial charge in [0.1, 0.15) is 11.4 Å². The largest absolute Gasteiger partial charge is 0.471 e. The summed E-state index contributed by atoms with van der Waals surface area (Å²) in [6, 6.07) is 8.90. The van der Waals surface area contributed by atoms with Gasteiger partial charge in [0.25, 0.3) is 11.8 Å². The first kappa shape index (κ1) is 17.7. The van der Waals surface area contributed by atoms with Gasteiger partial charge >= 0.3 is 0 Å². The van der Waals surface area contributed by atoms with E-state index in [0.29, 0.717) is 5.75 Å². The van der Waals surface area contributed by atoms with Gasteiger partial charge in [0.05, 0.1) is 11.9 Å². The van der Waals surface area contributed by atoms with Crippen molar-refractivity contribution in [3.8, 4) is 5.75 Å². The molecule has 0 unspecified atom stereocenters. The number of nitrogens with two attached hydrogens (primary N) is 1. The first-order valence-corrected chi connectivity index (χ1v) is 8.28. The third-order valence-electron chi connectivity index (χ3n) is 3.47. The van der Waals surface area contributed by atoms with Crippen LogP contribution in [0, 0.1) is 0 Å². The lowest BCUT2D eigenvalue weighted by Crippen LogP contribution is -2.20. The van der Waals surface area contributed by atoms with E-state index in [0.717, 1.165) is 4.47 Å². The molecule has 0 saturated carbocycles. The Morgan fingerprint density at radius 2 is 2.00 bits per heavy atom. The lowest BCUT2D eigenvalue weighted by atomic mass is 10.3. The number of nitrogens with one attached hydrogen (secondary N) is 1. The second-order valence-electron chi connectivity index (χ2n) is 5.32. The Morgan fingerprint density at radius 1 is 1.27 bits per heavy atom. The van der Waals surface area contributed by atoms with E-state index in [1.54, 1.807) is 19.3 Å². The fraction of sp³-hybridized carbons (Fsp3) is 0.125. The lowest BCUT2D eigenvalue weighted by Gasteiger charge is -2.06. The van der Waals surface area contributed by atoms with E-state index in [1.165, 1.54) is 15.6 Å². The molecule has 0 aliphatic heterocycles. The summed E-state index contributed by atoms with van der Waals surface area (Å²) >= 11 is 3.35. The molecule has 0 saturated heterocycles.